The number of aromatic nitrogens is 2. The molecule has 140 valence electrons. The fourth-order valence-corrected chi connectivity index (χ4v) is 2.93. The van der Waals surface area contributed by atoms with Crippen LogP contribution in [-0.4, -0.2) is 27.9 Å². The van der Waals surface area contributed by atoms with E-state index in [0.29, 0.717) is 30.1 Å². The molecule has 0 aliphatic carbocycles. The Kier molecular flexibility index (Phi) is 6.08. The number of amides is 2. The van der Waals surface area contributed by atoms with E-state index in [0.717, 1.165) is 16.9 Å². The van der Waals surface area contributed by atoms with Gasteiger partial charge < -0.3 is 15.2 Å². The monoisotopic (exact) mass is 384 g/mol. The lowest BCUT2D eigenvalue weighted by atomic mass is 10.3. The van der Waals surface area contributed by atoms with Crippen LogP contribution in [0, 0.1) is 0 Å². The van der Waals surface area contributed by atoms with Crippen LogP contribution < -0.4 is 10.6 Å². The van der Waals surface area contributed by atoms with Crippen LogP contribution in [0.2, 0.25) is 5.02 Å². The van der Waals surface area contributed by atoms with Crippen LogP contribution in [0.15, 0.2) is 48.5 Å². The molecule has 2 amide bonds. The van der Waals surface area contributed by atoms with E-state index in [2.05, 4.69) is 15.6 Å². The number of para-hydroxylation sites is 2. The normalized spacial score (nSPS) is 10.7. The van der Waals surface area contributed by atoms with Crippen molar-refractivity contribution in [1.82, 2.24) is 14.9 Å². The van der Waals surface area contributed by atoms with Crippen molar-refractivity contribution in [3.63, 3.8) is 0 Å². The maximum atomic E-state index is 12.5. The van der Waals surface area contributed by atoms with Crippen LogP contribution in [0.1, 0.15) is 19.2 Å². The Balaban J connectivity index is 1.76. The SMILES string of the molecule is CCC(=O)NCCc1nc2ccccc2n1CC(=O)Nc1ccc(Cl)cc1. The van der Waals surface area contributed by atoms with Crippen molar-refractivity contribution >= 4 is 40.1 Å². The van der Waals surface area contributed by atoms with E-state index in [-0.39, 0.29) is 18.4 Å². The van der Waals surface area contributed by atoms with Gasteiger partial charge in [0.2, 0.25) is 11.8 Å². The molecule has 6 nitrogen and oxygen atoms in total. The quantitative estimate of drug-likeness (QED) is 0.655. The van der Waals surface area contributed by atoms with Gasteiger partial charge in [0, 0.05) is 30.1 Å². The lowest BCUT2D eigenvalue weighted by Gasteiger charge is -2.10. The molecule has 7 heteroatoms. The highest BCUT2D eigenvalue weighted by Crippen LogP contribution is 2.17. The summed E-state index contributed by atoms with van der Waals surface area (Å²) in [4.78, 5) is 28.6. The highest BCUT2D eigenvalue weighted by molar-refractivity contribution is 6.30. The number of fused-ring (bicyclic) bond motifs is 1. The number of carbonyl (C=O) groups excluding carboxylic acids is 2. The minimum Gasteiger partial charge on any atom is -0.356 e. The van der Waals surface area contributed by atoms with Gasteiger partial charge in [-0.2, -0.15) is 0 Å². The zero-order chi connectivity index (χ0) is 19.2. The Morgan fingerprint density at radius 2 is 1.81 bits per heavy atom. The largest absolute Gasteiger partial charge is 0.356 e. The second-order valence-corrected chi connectivity index (χ2v) is 6.55. The summed E-state index contributed by atoms with van der Waals surface area (Å²) in [5.41, 5.74) is 2.40. The minimum absolute atomic E-state index is 0.00172. The number of nitrogens with one attached hydrogen (secondary N) is 2. The standard InChI is InChI=1S/C20H21ClN4O2/c1-2-19(26)22-12-11-18-24-16-5-3-4-6-17(16)25(18)13-20(27)23-15-9-7-14(21)8-10-15/h3-10H,2,11-13H2,1H3,(H,22,26)(H,23,27). The third kappa shape index (κ3) is 4.86. The molecule has 0 bridgehead atoms. The van der Waals surface area contributed by atoms with Crippen LogP contribution in [0.25, 0.3) is 11.0 Å². The molecule has 0 spiro atoms. The van der Waals surface area contributed by atoms with Gasteiger partial charge in [-0.05, 0) is 36.4 Å². The molecule has 0 aliphatic heterocycles. The Morgan fingerprint density at radius 3 is 2.56 bits per heavy atom. The Labute approximate surface area is 162 Å². The molecule has 1 aromatic heterocycles. The Morgan fingerprint density at radius 1 is 1.07 bits per heavy atom. The van der Waals surface area contributed by atoms with Crippen molar-refractivity contribution in [2.75, 3.05) is 11.9 Å². The number of anilines is 1. The van der Waals surface area contributed by atoms with Gasteiger partial charge in [-0.25, -0.2) is 4.98 Å². The topological polar surface area (TPSA) is 76.0 Å². The molecule has 0 unspecified atom stereocenters. The molecule has 0 saturated carbocycles. The van der Waals surface area contributed by atoms with Gasteiger partial charge >= 0.3 is 0 Å². The third-order valence-electron chi connectivity index (χ3n) is 4.16. The van der Waals surface area contributed by atoms with E-state index in [4.69, 9.17) is 11.6 Å². The van der Waals surface area contributed by atoms with Crippen molar-refractivity contribution in [1.29, 1.82) is 0 Å². The van der Waals surface area contributed by atoms with E-state index in [9.17, 15) is 9.59 Å². The van der Waals surface area contributed by atoms with Crippen molar-refractivity contribution in [2.24, 2.45) is 0 Å². The molecule has 0 saturated heterocycles. The number of carbonyl (C=O) groups is 2. The molecule has 0 radical (unpaired) electrons. The van der Waals surface area contributed by atoms with Crippen LogP contribution in [0.5, 0.6) is 0 Å². The highest BCUT2D eigenvalue weighted by atomic mass is 35.5. The van der Waals surface area contributed by atoms with Gasteiger partial charge in [0.15, 0.2) is 0 Å². The van der Waals surface area contributed by atoms with Gasteiger partial charge in [0.25, 0.3) is 0 Å². The Hall–Kier alpha value is -2.86. The number of hydrogen-bond acceptors (Lipinski definition) is 3. The maximum absolute atomic E-state index is 12.5. The zero-order valence-electron chi connectivity index (χ0n) is 15.0. The first-order valence-electron chi connectivity index (χ1n) is 8.83. The molecule has 3 aromatic rings. The molecular formula is C20H21ClN4O2. The molecule has 0 atom stereocenters. The third-order valence-corrected chi connectivity index (χ3v) is 4.41. The van der Waals surface area contributed by atoms with Crippen LogP contribution in [0.3, 0.4) is 0 Å². The lowest BCUT2D eigenvalue weighted by Crippen LogP contribution is -2.26. The summed E-state index contributed by atoms with van der Waals surface area (Å²) < 4.78 is 1.89. The average molecular weight is 385 g/mol. The predicted molar refractivity (Wildman–Crippen MR) is 107 cm³/mol. The van der Waals surface area contributed by atoms with E-state index in [1.807, 2.05) is 35.8 Å². The minimum atomic E-state index is -0.153. The summed E-state index contributed by atoms with van der Waals surface area (Å²) in [7, 11) is 0. The first kappa shape index (κ1) is 18.9. The van der Waals surface area contributed by atoms with Gasteiger partial charge in [-0.15, -0.1) is 0 Å². The number of imidazole rings is 1. The summed E-state index contributed by atoms with van der Waals surface area (Å²) in [6.45, 7) is 2.43. The molecule has 0 fully saturated rings. The number of benzene rings is 2. The molecule has 27 heavy (non-hydrogen) atoms. The van der Waals surface area contributed by atoms with Crippen LogP contribution in [-0.2, 0) is 22.6 Å². The predicted octanol–water partition coefficient (Wildman–Crippen LogP) is 3.40. The molecule has 2 aromatic carbocycles. The van der Waals surface area contributed by atoms with E-state index < -0.39 is 0 Å². The van der Waals surface area contributed by atoms with Crippen molar-refractivity contribution in [2.45, 2.75) is 26.3 Å². The van der Waals surface area contributed by atoms with Crippen LogP contribution in [0.4, 0.5) is 5.69 Å². The van der Waals surface area contributed by atoms with Gasteiger partial charge in [-0.1, -0.05) is 30.7 Å². The molecule has 1 heterocycles. The fourth-order valence-electron chi connectivity index (χ4n) is 2.81. The number of nitrogens with zero attached hydrogens (tertiary/aromatic N) is 2. The molecule has 2 N–H and O–H groups in total. The van der Waals surface area contributed by atoms with Crippen LogP contribution >= 0.6 is 11.6 Å². The summed E-state index contributed by atoms with van der Waals surface area (Å²) in [6.07, 6.45) is 0.995. The van der Waals surface area contributed by atoms with E-state index in [1.54, 1.807) is 24.3 Å². The second-order valence-electron chi connectivity index (χ2n) is 6.11. The fraction of sp³-hybridized carbons (Fsp3) is 0.250. The van der Waals surface area contributed by atoms with Gasteiger partial charge in [-0.3, -0.25) is 9.59 Å². The molecule has 0 aliphatic rings. The number of rotatable bonds is 7. The summed E-state index contributed by atoms with van der Waals surface area (Å²) in [5.74, 6) is 0.608. The molecule has 3 rings (SSSR count). The second kappa shape index (κ2) is 8.68. The summed E-state index contributed by atoms with van der Waals surface area (Å²) in [6, 6.07) is 14.7. The highest BCUT2D eigenvalue weighted by Gasteiger charge is 2.14. The van der Waals surface area contributed by atoms with Crippen molar-refractivity contribution < 1.29 is 9.59 Å². The number of hydrogen-bond donors (Lipinski definition) is 2. The first-order valence-corrected chi connectivity index (χ1v) is 9.21. The summed E-state index contributed by atoms with van der Waals surface area (Å²) in [5, 5.41) is 6.33. The zero-order valence-corrected chi connectivity index (χ0v) is 15.8. The van der Waals surface area contributed by atoms with Gasteiger partial charge in [0.05, 0.1) is 11.0 Å². The molecular weight excluding hydrogens is 364 g/mol. The number of halogens is 1. The van der Waals surface area contributed by atoms with E-state index >= 15 is 0 Å². The maximum Gasteiger partial charge on any atom is 0.244 e. The smallest absolute Gasteiger partial charge is 0.244 e. The van der Waals surface area contributed by atoms with Crippen molar-refractivity contribution in [3.05, 3.63) is 59.4 Å². The Bertz CT molecular complexity index is 950. The summed E-state index contributed by atoms with van der Waals surface area (Å²) >= 11 is 5.88. The van der Waals surface area contributed by atoms with E-state index in [1.165, 1.54) is 0 Å². The average Bonchev–Trinajstić information content (AvgIpc) is 3.01. The van der Waals surface area contributed by atoms with Crippen molar-refractivity contribution in [3.8, 4) is 0 Å². The van der Waals surface area contributed by atoms with Gasteiger partial charge in [0.1, 0.15) is 12.4 Å². The lowest BCUT2D eigenvalue weighted by molar-refractivity contribution is -0.120. The first-order chi connectivity index (χ1) is 13.1.